The fourth-order valence-electron chi connectivity index (χ4n) is 5.21. The van der Waals surface area contributed by atoms with Crippen molar-refractivity contribution >= 4 is 11.8 Å². The number of piperidine rings is 1. The van der Waals surface area contributed by atoms with E-state index < -0.39 is 11.6 Å². The predicted molar refractivity (Wildman–Crippen MR) is 134 cm³/mol. The third-order valence-corrected chi connectivity index (χ3v) is 7.11. The van der Waals surface area contributed by atoms with Crippen LogP contribution in [0.4, 0.5) is 0 Å². The van der Waals surface area contributed by atoms with Crippen LogP contribution in [-0.4, -0.2) is 46.5 Å². The number of nitrogens with zero attached hydrogens (tertiary/aromatic N) is 1. The van der Waals surface area contributed by atoms with E-state index in [1.54, 1.807) is 0 Å². The van der Waals surface area contributed by atoms with E-state index in [0.717, 1.165) is 24.0 Å². The molecule has 0 N–H and O–H groups in total. The van der Waals surface area contributed by atoms with Crippen LogP contribution in [0.3, 0.4) is 0 Å². The summed E-state index contributed by atoms with van der Waals surface area (Å²) in [6.07, 6.45) is 3.54. The normalized spacial score (nSPS) is 19.2. The zero-order valence-corrected chi connectivity index (χ0v) is 21.3. The Balaban J connectivity index is 1.78. The molecule has 5 heteroatoms. The molecule has 1 aliphatic rings. The van der Waals surface area contributed by atoms with Crippen LogP contribution in [0.5, 0.6) is 0 Å². The van der Waals surface area contributed by atoms with Gasteiger partial charge >= 0.3 is 5.97 Å². The van der Waals surface area contributed by atoms with Crippen molar-refractivity contribution in [3.63, 3.8) is 0 Å². The van der Waals surface area contributed by atoms with Gasteiger partial charge in [0.1, 0.15) is 6.61 Å². The molecule has 34 heavy (non-hydrogen) atoms. The molecule has 0 spiro atoms. The van der Waals surface area contributed by atoms with Gasteiger partial charge < -0.3 is 9.47 Å². The van der Waals surface area contributed by atoms with E-state index >= 15 is 0 Å². The second-order valence-corrected chi connectivity index (χ2v) is 10.6. The SMILES string of the molecule is CC(=O)C(Cc1ccccc1)(OCc1ccccc1)C(=O)OCCN1C(C)(C)CCCC1(C)C. The minimum Gasteiger partial charge on any atom is -0.462 e. The minimum atomic E-state index is -1.69. The molecule has 1 fully saturated rings. The highest BCUT2D eigenvalue weighted by molar-refractivity contribution is 6.06. The van der Waals surface area contributed by atoms with Gasteiger partial charge in [-0.3, -0.25) is 9.69 Å². The molecule has 0 amide bonds. The second-order valence-electron chi connectivity index (χ2n) is 10.6. The van der Waals surface area contributed by atoms with Crippen LogP contribution in [-0.2, 0) is 32.1 Å². The Kier molecular flexibility index (Phi) is 8.32. The van der Waals surface area contributed by atoms with E-state index in [-0.39, 0.29) is 36.5 Å². The number of Topliss-reactive ketones (excluding diaryl/α,β-unsaturated/α-hetero) is 1. The highest BCUT2D eigenvalue weighted by Gasteiger charge is 2.47. The van der Waals surface area contributed by atoms with Crippen LogP contribution < -0.4 is 0 Å². The maximum Gasteiger partial charge on any atom is 0.346 e. The van der Waals surface area contributed by atoms with Gasteiger partial charge in [0.15, 0.2) is 5.78 Å². The number of carbonyl (C=O) groups excluding carboxylic acids is 2. The Bertz CT molecular complexity index is 939. The first-order valence-corrected chi connectivity index (χ1v) is 12.2. The fourth-order valence-corrected chi connectivity index (χ4v) is 5.21. The number of carbonyl (C=O) groups is 2. The van der Waals surface area contributed by atoms with Crippen LogP contribution >= 0.6 is 0 Å². The van der Waals surface area contributed by atoms with Crippen molar-refractivity contribution in [1.29, 1.82) is 0 Å². The molecule has 5 nitrogen and oxygen atoms in total. The number of ether oxygens (including phenoxy) is 2. The molecule has 0 aliphatic carbocycles. The highest BCUT2D eigenvalue weighted by Crippen LogP contribution is 2.37. The molecule has 0 saturated carbocycles. The molecule has 1 unspecified atom stereocenters. The van der Waals surface area contributed by atoms with Gasteiger partial charge in [-0.2, -0.15) is 0 Å². The summed E-state index contributed by atoms with van der Waals surface area (Å²) in [4.78, 5) is 28.9. The van der Waals surface area contributed by atoms with E-state index in [2.05, 4.69) is 32.6 Å². The van der Waals surface area contributed by atoms with Crippen LogP contribution in [0.25, 0.3) is 0 Å². The molecule has 2 aromatic carbocycles. The summed E-state index contributed by atoms with van der Waals surface area (Å²) in [6, 6.07) is 19.1. The second kappa shape index (κ2) is 10.8. The van der Waals surface area contributed by atoms with Crippen LogP contribution in [0.1, 0.15) is 65.0 Å². The summed E-state index contributed by atoms with van der Waals surface area (Å²) in [5.41, 5.74) is 0.107. The smallest absolute Gasteiger partial charge is 0.346 e. The third-order valence-electron chi connectivity index (χ3n) is 7.11. The van der Waals surface area contributed by atoms with Gasteiger partial charge in [-0.15, -0.1) is 0 Å². The molecule has 0 bridgehead atoms. The summed E-state index contributed by atoms with van der Waals surface area (Å²) in [5.74, 6) is -0.969. The molecular weight excluding hydrogens is 426 g/mol. The topological polar surface area (TPSA) is 55.8 Å². The number of hydrogen-bond donors (Lipinski definition) is 0. The molecule has 1 heterocycles. The van der Waals surface area contributed by atoms with Gasteiger partial charge in [0, 0.05) is 24.0 Å². The molecular formula is C29H39NO4. The van der Waals surface area contributed by atoms with Crippen molar-refractivity contribution in [2.75, 3.05) is 13.2 Å². The zero-order chi connectivity index (χ0) is 24.8. The highest BCUT2D eigenvalue weighted by atomic mass is 16.6. The van der Waals surface area contributed by atoms with Gasteiger partial charge in [-0.1, -0.05) is 60.7 Å². The van der Waals surface area contributed by atoms with Crippen molar-refractivity contribution in [1.82, 2.24) is 4.90 Å². The van der Waals surface area contributed by atoms with Crippen LogP contribution in [0.15, 0.2) is 60.7 Å². The quantitative estimate of drug-likeness (QED) is 0.349. The van der Waals surface area contributed by atoms with Gasteiger partial charge in [-0.05, 0) is 65.0 Å². The third kappa shape index (κ3) is 6.13. The summed E-state index contributed by atoms with van der Waals surface area (Å²) < 4.78 is 11.9. The van der Waals surface area contributed by atoms with E-state index in [1.807, 2.05) is 60.7 Å². The Hall–Kier alpha value is -2.50. The van der Waals surface area contributed by atoms with Crippen molar-refractivity contribution in [2.45, 2.75) is 83.6 Å². The lowest BCUT2D eigenvalue weighted by atomic mass is 9.80. The number of likely N-dealkylation sites (tertiary alicyclic amines) is 1. The number of benzene rings is 2. The molecule has 0 aromatic heterocycles. The number of hydrogen-bond acceptors (Lipinski definition) is 5. The van der Waals surface area contributed by atoms with Gasteiger partial charge in [0.05, 0.1) is 6.61 Å². The Labute approximate surface area is 204 Å². The van der Waals surface area contributed by atoms with Crippen LogP contribution in [0, 0.1) is 0 Å². The summed E-state index contributed by atoms with van der Waals surface area (Å²) in [7, 11) is 0. The lowest BCUT2D eigenvalue weighted by molar-refractivity contribution is -0.180. The Morgan fingerprint density at radius 3 is 1.94 bits per heavy atom. The molecule has 2 aromatic rings. The average molecular weight is 466 g/mol. The fraction of sp³-hybridized carbons (Fsp3) is 0.517. The lowest BCUT2D eigenvalue weighted by Gasteiger charge is -2.53. The number of esters is 1. The van der Waals surface area contributed by atoms with Crippen molar-refractivity contribution in [2.24, 2.45) is 0 Å². The van der Waals surface area contributed by atoms with Gasteiger partial charge in [-0.25, -0.2) is 4.79 Å². The molecule has 1 saturated heterocycles. The van der Waals surface area contributed by atoms with Crippen molar-refractivity contribution < 1.29 is 19.1 Å². The molecule has 1 aliphatic heterocycles. The largest absolute Gasteiger partial charge is 0.462 e. The maximum atomic E-state index is 13.5. The standard InChI is InChI=1S/C29H39NO4/c1-23(31)29(21-24-13-8-6-9-14-24,34-22-25-15-10-7-11-16-25)26(32)33-20-19-30-27(2,3)17-12-18-28(30,4)5/h6-11,13-16H,12,17-22H2,1-5H3. The summed E-state index contributed by atoms with van der Waals surface area (Å²) in [6.45, 7) is 11.4. The summed E-state index contributed by atoms with van der Waals surface area (Å²) in [5, 5.41) is 0. The van der Waals surface area contributed by atoms with Gasteiger partial charge in [0.2, 0.25) is 5.60 Å². The molecule has 184 valence electrons. The van der Waals surface area contributed by atoms with E-state index in [0.29, 0.717) is 6.54 Å². The number of ketones is 1. The zero-order valence-electron chi connectivity index (χ0n) is 21.3. The van der Waals surface area contributed by atoms with Gasteiger partial charge in [0.25, 0.3) is 0 Å². The van der Waals surface area contributed by atoms with E-state index in [1.165, 1.54) is 13.3 Å². The van der Waals surface area contributed by atoms with Crippen molar-refractivity contribution in [3.8, 4) is 0 Å². The number of rotatable bonds is 10. The average Bonchev–Trinajstić information content (AvgIpc) is 2.79. The van der Waals surface area contributed by atoms with E-state index in [9.17, 15) is 9.59 Å². The van der Waals surface area contributed by atoms with Crippen molar-refractivity contribution in [3.05, 3.63) is 71.8 Å². The summed E-state index contributed by atoms with van der Waals surface area (Å²) >= 11 is 0. The first-order valence-electron chi connectivity index (χ1n) is 12.2. The van der Waals surface area contributed by atoms with Crippen LogP contribution in [0.2, 0.25) is 0 Å². The van der Waals surface area contributed by atoms with E-state index in [4.69, 9.17) is 9.47 Å². The minimum absolute atomic E-state index is 0.0275. The molecule has 0 radical (unpaired) electrons. The first kappa shape index (κ1) is 26.1. The predicted octanol–water partition coefficient (Wildman–Crippen LogP) is 5.36. The first-order chi connectivity index (χ1) is 16.1. The molecule has 1 atom stereocenters. The Morgan fingerprint density at radius 2 is 1.41 bits per heavy atom. The monoisotopic (exact) mass is 465 g/mol. The Morgan fingerprint density at radius 1 is 0.882 bits per heavy atom. The lowest BCUT2D eigenvalue weighted by Crippen LogP contribution is -2.59. The molecule has 3 rings (SSSR count). The maximum absolute atomic E-state index is 13.5.